The largest absolute Gasteiger partial charge is 0.394 e. The summed E-state index contributed by atoms with van der Waals surface area (Å²) in [6, 6.07) is 0. The molecule has 4 saturated carbocycles. The van der Waals surface area contributed by atoms with Gasteiger partial charge in [-0.2, -0.15) is 0 Å². The molecule has 3 saturated heterocycles. The Morgan fingerprint density at radius 1 is 0.818 bits per heavy atom. The Labute approximate surface area is 324 Å². The second kappa shape index (κ2) is 14.7. The van der Waals surface area contributed by atoms with E-state index in [1.165, 1.54) is 6.92 Å². The van der Waals surface area contributed by atoms with Gasteiger partial charge >= 0.3 is 0 Å². The molecule has 0 spiro atoms. The van der Waals surface area contributed by atoms with E-state index in [4.69, 9.17) is 23.7 Å². The molecule has 316 valence electrons. The van der Waals surface area contributed by atoms with Crippen LogP contribution in [0.2, 0.25) is 0 Å². The standard InChI is InChI=1S/C41H68O14/c1-17(13-22(44)35-39(5,6)55-35)19-9-10-20-27(19)21(43)14-25-40(7)12-11-26(45)38(3,4)34(40)23(15-41(20,25)8)52-37-33(31(49)29(47)24(16-42)53-37)54-36-32(50)30(48)28(46)18(2)51-36/h13,18-37,42-50H,9-12,14-16H2,1-8H3/b17-13+/t18-,19-,20-,21-,22-,23+,24-,25-,26+,27-,28+,29-,30-,31+,32-,33-,34+,35-,36+,37-,40-,41+/m1/s1. The number of rotatable bonds is 8. The van der Waals surface area contributed by atoms with E-state index in [1.807, 2.05) is 40.7 Å². The van der Waals surface area contributed by atoms with Crippen molar-refractivity contribution in [1.82, 2.24) is 0 Å². The summed E-state index contributed by atoms with van der Waals surface area (Å²) in [6.45, 7) is 15.5. The fourth-order valence-electron chi connectivity index (χ4n) is 13.1. The van der Waals surface area contributed by atoms with Crippen LogP contribution in [-0.4, -0.2) is 150 Å². The summed E-state index contributed by atoms with van der Waals surface area (Å²) in [5.41, 5.74) is -0.708. The van der Waals surface area contributed by atoms with Crippen LogP contribution in [0.4, 0.5) is 0 Å². The fraction of sp³-hybridized carbons (Fsp3) is 0.951. The van der Waals surface area contributed by atoms with Gasteiger partial charge in [0.2, 0.25) is 0 Å². The summed E-state index contributed by atoms with van der Waals surface area (Å²) >= 11 is 0. The first-order chi connectivity index (χ1) is 25.6. The maximum Gasteiger partial charge on any atom is 0.187 e. The van der Waals surface area contributed by atoms with E-state index in [2.05, 4.69) is 13.8 Å². The molecule has 0 bridgehead atoms. The second-order valence-electron chi connectivity index (χ2n) is 20.0. The van der Waals surface area contributed by atoms with Crippen molar-refractivity contribution in [2.24, 2.45) is 45.8 Å². The van der Waals surface area contributed by atoms with Crippen LogP contribution in [0.3, 0.4) is 0 Å². The Bertz CT molecular complexity index is 1420. The zero-order valence-electron chi connectivity index (χ0n) is 33.6. The third kappa shape index (κ3) is 6.89. The first-order valence-corrected chi connectivity index (χ1v) is 20.6. The molecule has 0 aromatic rings. The van der Waals surface area contributed by atoms with Gasteiger partial charge in [-0.1, -0.05) is 39.3 Å². The topological polar surface area (TPSA) is 232 Å². The minimum Gasteiger partial charge on any atom is -0.394 e. The van der Waals surface area contributed by atoms with Gasteiger partial charge in [-0.05, 0) is 112 Å². The van der Waals surface area contributed by atoms with Crippen LogP contribution in [0, 0.1) is 45.8 Å². The van der Waals surface area contributed by atoms with Gasteiger partial charge in [-0.25, -0.2) is 0 Å². The van der Waals surface area contributed by atoms with Gasteiger partial charge < -0.3 is 69.6 Å². The number of allylic oxidation sites excluding steroid dienone is 1. The summed E-state index contributed by atoms with van der Waals surface area (Å²) in [7, 11) is 0. The molecule has 14 nitrogen and oxygen atoms in total. The molecule has 3 heterocycles. The first kappa shape index (κ1) is 42.3. The van der Waals surface area contributed by atoms with Crippen molar-refractivity contribution >= 4 is 0 Å². The molecule has 0 aromatic carbocycles. The number of hydrogen-bond acceptors (Lipinski definition) is 14. The molecule has 0 aromatic heterocycles. The summed E-state index contributed by atoms with van der Waals surface area (Å²) in [5, 5.41) is 99.0. The van der Waals surface area contributed by atoms with Gasteiger partial charge in [0.1, 0.15) is 54.9 Å². The van der Waals surface area contributed by atoms with Crippen LogP contribution in [-0.2, 0) is 23.7 Å². The lowest BCUT2D eigenvalue weighted by molar-refractivity contribution is -0.380. The van der Waals surface area contributed by atoms with Crippen molar-refractivity contribution in [3.8, 4) is 0 Å². The Kier molecular flexibility index (Phi) is 11.3. The summed E-state index contributed by atoms with van der Waals surface area (Å²) < 4.78 is 30.8. The molecule has 9 N–H and O–H groups in total. The quantitative estimate of drug-likeness (QED) is 0.0940. The van der Waals surface area contributed by atoms with E-state index < -0.39 is 103 Å². The van der Waals surface area contributed by atoms with Crippen LogP contribution in [0.15, 0.2) is 11.6 Å². The second-order valence-corrected chi connectivity index (χ2v) is 20.0. The zero-order chi connectivity index (χ0) is 40.3. The molecule has 7 aliphatic rings. The van der Waals surface area contributed by atoms with Crippen molar-refractivity contribution in [2.45, 2.75) is 191 Å². The lowest BCUT2D eigenvalue weighted by Crippen LogP contribution is -2.69. The first-order valence-electron chi connectivity index (χ1n) is 20.6. The summed E-state index contributed by atoms with van der Waals surface area (Å²) in [6.07, 6.45) is -11.2. The van der Waals surface area contributed by atoms with Gasteiger partial charge in [0.25, 0.3) is 0 Å². The lowest BCUT2D eigenvalue weighted by Gasteiger charge is -2.69. The van der Waals surface area contributed by atoms with Crippen molar-refractivity contribution in [3.05, 3.63) is 11.6 Å². The molecule has 22 atom stereocenters. The number of epoxide rings is 1. The van der Waals surface area contributed by atoms with Gasteiger partial charge in [0.05, 0.1) is 36.6 Å². The smallest absolute Gasteiger partial charge is 0.187 e. The molecule has 3 aliphatic heterocycles. The van der Waals surface area contributed by atoms with Crippen LogP contribution < -0.4 is 0 Å². The Morgan fingerprint density at radius 3 is 2.13 bits per heavy atom. The SMILES string of the molecule is C/C(=C\[C@@H](O)[C@H]1OC1(C)C)[C@H]1CC[C@@H]2[C@@H]1[C@H](O)C[C@H]1[C@@]2(C)C[C@H](O[C@@H]2O[C@H](CO)[C@@H](O)[C@H](O)[C@H]2O[C@@H]2O[C@H](C)[C@H](O)[C@@H](O)[C@H]2O)[C@H]2C(C)(C)[C@@H](O)CC[C@]12C. The van der Waals surface area contributed by atoms with Crippen molar-refractivity contribution in [2.75, 3.05) is 6.61 Å². The number of aliphatic hydroxyl groups excluding tert-OH is 9. The molecule has 14 heteroatoms. The van der Waals surface area contributed by atoms with Gasteiger partial charge in [-0.3, -0.25) is 0 Å². The minimum atomic E-state index is -1.69. The average Bonchev–Trinajstić information content (AvgIpc) is 3.51. The van der Waals surface area contributed by atoms with Crippen LogP contribution >= 0.6 is 0 Å². The van der Waals surface area contributed by atoms with E-state index in [0.717, 1.165) is 18.4 Å². The number of hydrogen-bond donors (Lipinski definition) is 9. The third-order valence-corrected chi connectivity index (χ3v) is 16.0. The predicted octanol–water partition coefficient (Wildman–Crippen LogP) is 0.745. The highest BCUT2D eigenvalue weighted by atomic mass is 16.8. The average molecular weight is 785 g/mol. The van der Waals surface area contributed by atoms with Crippen molar-refractivity contribution in [1.29, 1.82) is 0 Å². The number of ether oxygens (including phenoxy) is 5. The van der Waals surface area contributed by atoms with Crippen molar-refractivity contribution < 1.29 is 69.6 Å². The Hall–Kier alpha value is -0.820. The Balaban J connectivity index is 1.22. The molecule has 7 rings (SSSR count). The van der Waals surface area contributed by atoms with E-state index in [1.54, 1.807) is 0 Å². The normalized spacial score (nSPS) is 55.2. The molecule has 55 heavy (non-hydrogen) atoms. The monoisotopic (exact) mass is 784 g/mol. The zero-order valence-corrected chi connectivity index (χ0v) is 33.6. The van der Waals surface area contributed by atoms with E-state index in [0.29, 0.717) is 25.7 Å². The molecule has 0 radical (unpaired) electrons. The molecule has 0 amide bonds. The maximum absolute atomic E-state index is 12.1. The van der Waals surface area contributed by atoms with E-state index in [-0.39, 0.29) is 46.7 Å². The van der Waals surface area contributed by atoms with Crippen LogP contribution in [0.25, 0.3) is 0 Å². The van der Waals surface area contributed by atoms with Crippen LogP contribution in [0.5, 0.6) is 0 Å². The molecule has 7 fully saturated rings. The summed E-state index contributed by atoms with van der Waals surface area (Å²) in [5.74, 6) is -0.0398. The number of aliphatic hydroxyl groups is 9. The third-order valence-electron chi connectivity index (χ3n) is 16.0. The molecular weight excluding hydrogens is 716 g/mol. The fourth-order valence-corrected chi connectivity index (χ4v) is 13.1. The predicted molar refractivity (Wildman–Crippen MR) is 196 cm³/mol. The van der Waals surface area contributed by atoms with Crippen molar-refractivity contribution in [3.63, 3.8) is 0 Å². The van der Waals surface area contributed by atoms with Gasteiger partial charge in [-0.15, -0.1) is 0 Å². The lowest BCUT2D eigenvalue weighted by atomic mass is 9.37. The molecule has 0 unspecified atom stereocenters. The highest BCUT2D eigenvalue weighted by molar-refractivity contribution is 5.22. The van der Waals surface area contributed by atoms with Gasteiger partial charge in [0, 0.05) is 0 Å². The minimum absolute atomic E-state index is 0.0488. The summed E-state index contributed by atoms with van der Waals surface area (Å²) in [4.78, 5) is 0. The van der Waals surface area contributed by atoms with E-state index in [9.17, 15) is 46.0 Å². The highest BCUT2D eigenvalue weighted by Gasteiger charge is 2.70. The van der Waals surface area contributed by atoms with Gasteiger partial charge in [0.15, 0.2) is 12.6 Å². The maximum atomic E-state index is 12.1. The highest BCUT2D eigenvalue weighted by Crippen LogP contribution is 2.72. The molecule has 4 aliphatic carbocycles. The van der Waals surface area contributed by atoms with Crippen LogP contribution in [0.1, 0.15) is 93.9 Å². The Morgan fingerprint density at radius 2 is 1.49 bits per heavy atom. The molecular formula is C41H68O14. The number of fused-ring (bicyclic) bond motifs is 5. The van der Waals surface area contributed by atoms with E-state index >= 15 is 0 Å².